The molecule has 0 spiro atoms. The highest BCUT2D eigenvalue weighted by atomic mass is 35.5. The highest BCUT2D eigenvalue weighted by molar-refractivity contribution is 6.44. The van der Waals surface area contributed by atoms with Crippen molar-refractivity contribution in [2.75, 3.05) is 6.54 Å². The maximum absolute atomic E-state index is 6.14. The Morgan fingerprint density at radius 2 is 1.90 bits per heavy atom. The predicted octanol–water partition coefficient (Wildman–Crippen LogP) is 4.41. The van der Waals surface area contributed by atoms with Gasteiger partial charge < -0.3 is 9.88 Å². The van der Waals surface area contributed by atoms with Crippen molar-refractivity contribution in [3.8, 4) is 0 Å². The van der Waals surface area contributed by atoms with Crippen LogP contribution in [0.15, 0.2) is 30.9 Å². The zero-order chi connectivity index (χ0) is 14.4. The number of hydrogen-bond acceptors (Lipinski definition) is 2. The number of imidazole rings is 1. The molecule has 20 heavy (non-hydrogen) atoms. The Kier molecular flexibility index (Phi) is 6.17. The number of nitrogens with one attached hydrogen (secondary N) is 1. The molecule has 2 rings (SSSR count). The molecule has 1 N–H and O–H groups in total. The summed E-state index contributed by atoms with van der Waals surface area (Å²) in [5, 5.41) is 5.05. The molecule has 0 amide bonds. The van der Waals surface area contributed by atoms with Crippen LogP contribution in [0.4, 0.5) is 0 Å². The van der Waals surface area contributed by atoms with Gasteiger partial charge in [0.1, 0.15) is 0 Å². The van der Waals surface area contributed by atoms with E-state index in [4.69, 9.17) is 34.8 Å². The van der Waals surface area contributed by atoms with E-state index in [1.807, 2.05) is 12.5 Å². The quantitative estimate of drug-likeness (QED) is 0.601. The number of aryl methyl sites for hydroxylation is 1. The van der Waals surface area contributed by atoms with E-state index in [1.165, 1.54) is 0 Å². The molecule has 0 aliphatic heterocycles. The van der Waals surface area contributed by atoms with Gasteiger partial charge in [0.25, 0.3) is 0 Å². The molecule has 6 heteroatoms. The molecule has 2 aromatic rings. The fourth-order valence-electron chi connectivity index (χ4n) is 1.91. The summed E-state index contributed by atoms with van der Waals surface area (Å²) in [6.45, 7) is 2.53. The largest absolute Gasteiger partial charge is 0.337 e. The van der Waals surface area contributed by atoms with Crippen LogP contribution in [0.1, 0.15) is 18.4 Å². The molecule has 3 nitrogen and oxygen atoms in total. The molecule has 0 bridgehead atoms. The van der Waals surface area contributed by atoms with E-state index in [9.17, 15) is 0 Å². The third-order valence-electron chi connectivity index (χ3n) is 3.02. The first kappa shape index (κ1) is 15.6. The predicted molar refractivity (Wildman–Crippen MR) is 84.6 cm³/mol. The maximum Gasteiger partial charge on any atom is 0.0945 e. The number of aromatic nitrogens is 2. The van der Waals surface area contributed by atoms with Crippen LogP contribution in [0, 0.1) is 0 Å². The molecule has 0 saturated carbocycles. The van der Waals surface area contributed by atoms with Crippen LogP contribution in [-0.2, 0) is 13.1 Å². The number of nitrogens with zero attached hydrogens (tertiary/aromatic N) is 2. The third kappa shape index (κ3) is 4.38. The average molecular weight is 333 g/mol. The van der Waals surface area contributed by atoms with Crippen molar-refractivity contribution in [3.05, 3.63) is 51.5 Å². The topological polar surface area (TPSA) is 29.9 Å². The summed E-state index contributed by atoms with van der Waals surface area (Å²) in [5.41, 5.74) is 0.857. The van der Waals surface area contributed by atoms with Crippen LogP contribution in [0.2, 0.25) is 15.1 Å². The minimum Gasteiger partial charge on any atom is -0.337 e. The van der Waals surface area contributed by atoms with E-state index in [0.29, 0.717) is 21.6 Å². The number of benzene rings is 1. The van der Waals surface area contributed by atoms with E-state index in [2.05, 4.69) is 14.9 Å². The molecule has 1 heterocycles. The van der Waals surface area contributed by atoms with Gasteiger partial charge in [0.05, 0.1) is 16.4 Å². The molecule has 0 atom stereocenters. The van der Waals surface area contributed by atoms with Gasteiger partial charge in [0.15, 0.2) is 0 Å². The summed E-state index contributed by atoms with van der Waals surface area (Å²) in [7, 11) is 0. The Labute approximate surface area is 133 Å². The molecular formula is C14H16Cl3N3. The van der Waals surface area contributed by atoms with Crippen molar-refractivity contribution in [2.45, 2.75) is 25.9 Å². The van der Waals surface area contributed by atoms with Gasteiger partial charge in [-0.25, -0.2) is 4.98 Å². The normalized spacial score (nSPS) is 10.9. The number of unbranched alkanes of at least 4 members (excludes halogenated alkanes) is 1. The Morgan fingerprint density at radius 1 is 1.10 bits per heavy atom. The van der Waals surface area contributed by atoms with Gasteiger partial charge in [-0.15, -0.1) is 0 Å². The molecule has 0 aliphatic carbocycles. The van der Waals surface area contributed by atoms with Crippen molar-refractivity contribution in [3.63, 3.8) is 0 Å². The van der Waals surface area contributed by atoms with E-state index in [0.717, 1.165) is 31.5 Å². The lowest BCUT2D eigenvalue weighted by molar-refractivity contribution is 0.568. The van der Waals surface area contributed by atoms with Crippen molar-refractivity contribution in [1.82, 2.24) is 14.9 Å². The van der Waals surface area contributed by atoms with Gasteiger partial charge in [-0.1, -0.05) is 34.8 Å². The zero-order valence-electron chi connectivity index (χ0n) is 11.0. The molecule has 108 valence electrons. The number of rotatable bonds is 7. The highest BCUT2D eigenvalue weighted by Gasteiger charge is 2.08. The summed E-state index contributed by atoms with van der Waals surface area (Å²) < 4.78 is 2.07. The summed E-state index contributed by atoms with van der Waals surface area (Å²) in [4.78, 5) is 4.01. The second-order valence-corrected chi connectivity index (χ2v) is 5.70. The Balaban J connectivity index is 1.70. The number of halogens is 3. The van der Waals surface area contributed by atoms with Gasteiger partial charge in [-0.3, -0.25) is 0 Å². The van der Waals surface area contributed by atoms with Crippen molar-refractivity contribution < 1.29 is 0 Å². The lowest BCUT2D eigenvalue weighted by Gasteiger charge is -2.10. The first-order valence-electron chi connectivity index (χ1n) is 6.47. The molecular weight excluding hydrogens is 317 g/mol. The van der Waals surface area contributed by atoms with E-state index >= 15 is 0 Å². The second kappa shape index (κ2) is 7.89. The standard InChI is InChI=1S/C14H16Cl3N3/c15-12-3-4-13(16)14(17)11(12)9-18-5-1-2-7-20-8-6-19-10-20/h3-4,6,8,10,18H,1-2,5,7,9H2. The van der Waals surface area contributed by atoms with Gasteiger partial charge in [-0.05, 0) is 31.5 Å². The van der Waals surface area contributed by atoms with Crippen molar-refractivity contribution in [1.29, 1.82) is 0 Å². The summed E-state index contributed by atoms with van der Waals surface area (Å²) in [6.07, 6.45) is 7.77. The molecule has 0 unspecified atom stereocenters. The monoisotopic (exact) mass is 331 g/mol. The molecule has 1 aromatic carbocycles. The van der Waals surface area contributed by atoms with Crippen molar-refractivity contribution >= 4 is 34.8 Å². The Hall–Kier alpha value is -0.740. The average Bonchev–Trinajstić information content (AvgIpc) is 2.94. The Bertz CT molecular complexity index is 541. The second-order valence-electron chi connectivity index (χ2n) is 4.51. The van der Waals surface area contributed by atoms with Crippen LogP contribution >= 0.6 is 34.8 Å². The van der Waals surface area contributed by atoms with Crippen LogP contribution in [-0.4, -0.2) is 16.1 Å². The van der Waals surface area contributed by atoms with Crippen LogP contribution in [0.3, 0.4) is 0 Å². The van der Waals surface area contributed by atoms with Crippen molar-refractivity contribution in [2.24, 2.45) is 0 Å². The smallest absolute Gasteiger partial charge is 0.0945 e. The molecule has 0 saturated heterocycles. The van der Waals surface area contributed by atoms with Crippen LogP contribution < -0.4 is 5.32 Å². The van der Waals surface area contributed by atoms with Crippen LogP contribution in [0.5, 0.6) is 0 Å². The van der Waals surface area contributed by atoms with Gasteiger partial charge >= 0.3 is 0 Å². The lowest BCUT2D eigenvalue weighted by atomic mass is 10.2. The lowest BCUT2D eigenvalue weighted by Crippen LogP contribution is -2.16. The van der Waals surface area contributed by atoms with Crippen LogP contribution in [0.25, 0.3) is 0 Å². The first-order chi connectivity index (χ1) is 9.68. The van der Waals surface area contributed by atoms with Gasteiger partial charge in [0.2, 0.25) is 0 Å². The van der Waals surface area contributed by atoms with E-state index in [1.54, 1.807) is 18.3 Å². The summed E-state index contributed by atoms with van der Waals surface area (Å²) >= 11 is 18.2. The first-order valence-corrected chi connectivity index (χ1v) is 7.60. The zero-order valence-corrected chi connectivity index (χ0v) is 13.2. The molecule has 0 aliphatic rings. The summed E-state index contributed by atoms with van der Waals surface area (Å²) in [5.74, 6) is 0. The molecule has 0 radical (unpaired) electrons. The Morgan fingerprint density at radius 3 is 2.65 bits per heavy atom. The number of hydrogen-bond donors (Lipinski definition) is 1. The van der Waals surface area contributed by atoms with Gasteiger partial charge in [-0.2, -0.15) is 0 Å². The fraction of sp³-hybridized carbons (Fsp3) is 0.357. The minimum absolute atomic E-state index is 0.532. The third-order valence-corrected chi connectivity index (χ3v) is 4.22. The van der Waals surface area contributed by atoms with E-state index in [-0.39, 0.29) is 0 Å². The maximum atomic E-state index is 6.14. The minimum atomic E-state index is 0.532. The fourth-order valence-corrected chi connectivity index (χ4v) is 2.59. The van der Waals surface area contributed by atoms with E-state index < -0.39 is 0 Å². The molecule has 0 fully saturated rings. The SMILES string of the molecule is Clc1ccc(Cl)c(CNCCCCn2ccnc2)c1Cl. The van der Waals surface area contributed by atoms with Gasteiger partial charge in [0, 0.05) is 36.1 Å². The summed E-state index contributed by atoms with van der Waals surface area (Å²) in [6, 6.07) is 3.48. The highest BCUT2D eigenvalue weighted by Crippen LogP contribution is 2.31. The molecule has 1 aromatic heterocycles.